The SMILES string of the molecule is CC(C)Cc1nc(CC(C)(C)C(=O)O)cs1. The van der Waals surface area contributed by atoms with E-state index in [-0.39, 0.29) is 0 Å². The molecule has 16 heavy (non-hydrogen) atoms. The lowest BCUT2D eigenvalue weighted by Gasteiger charge is -2.16. The monoisotopic (exact) mass is 241 g/mol. The largest absolute Gasteiger partial charge is 0.481 e. The van der Waals surface area contributed by atoms with Crippen LogP contribution in [0.3, 0.4) is 0 Å². The number of carboxylic acids is 1. The number of thiazole rings is 1. The van der Waals surface area contributed by atoms with Crippen LogP contribution in [0.2, 0.25) is 0 Å². The molecule has 0 saturated heterocycles. The normalized spacial score (nSPS) is 12.1. The third-order valence-corrected chi connectivity index (χ3v) is 3.30. The van der Waals surface area contributed by atoms with Gasteiger partial charge in [0, 0.05) is 18.2 Å². The summed E-state index contributed by atoms with van der Waals surface area (Å²) in [6, 6.07) is 0. The van der Waals surface area contributed by atoms with Gasteiger partial charge in [-0.25, -0.2) is 4.98 Å². The summed E-state index contributed by atoms with van der Waals surface area (Å²) >= 11 is 1.63. The summed E-state index contributed by atoms with van der Waals surface area (Å²) in [6.07, 6.45) is 1.47. The lowest BCUT2D eigenvalue weighted by atomic mass is 9.88. The van der Waals surface area contributed by atoms with Gasteiger partial charge in [0.15, 0.2) is 0 Å². The van der Waals surface area contributed by atoms with Gasteiger partial charge in [-0.3, -0.25) is 4.79 Å². The Labute approximate surface area is 101 Å². The first kappa shape index (κ1) is 13.2. The lowest BCUT2D eigenvalue weighted by molar-refractivity contribution is -0.146. The molecule has 0 aliphatic rings. The van der Waals surface area contributed by atoms with Crippen molar-refractivity contribution >= 4 is 17.3 Å². The zero-order valence-corrected chi connectivity index (χ0v) is 11.1. The van der Waals surface area contributed by atoms with Gasteiger partial charge in [0.05, 0.1) is 16.1 Å². The van der Waals surface area contributed by atoms with Gasteiger partial charge < -0.3 is 5.11 Å². The molecule has 1 heterocycles. The van der Waals surface area contributed by atoms with E-state index in [1.54, 1.807) is 25.2 Å². The van der Waals surface area contributed by atoms with E-state index in [0.29, 0.717) is 12.3 Å². The Morgan fingerprint density at radius 3 is 2.69 bits per heavy atom. The van der Waals surface area contributed by atoms with Crippen LogP contribution in [0, 0.1) is 11.3 Å². The van der Waals surface area contributed by atoms with Gasteiger partial charge in [-0.2, -0.15) is 0 Å². The quantitative estimate of drug-likeness (QED) is 0.862. The van der Waals surface area contributed by atoms with Crippen LogP contribution in [0.15, 0.2) is 5.38 Å². The smallest absolute Gasteiger partial charge is 0.309 e. The molecule has 1 N–H and O–H groups in total. The van der Waals surface area contributed by atoms with Gasteiger partial charge in [-0.05, 0) is 19.8 Å². The average molecular weight is 241 g/mol. The van der Waals surface area contributed by atoms with E-state index in [1.807, 2.05) is 5.38 Å². The zero-order valence-electron chi connectivity index (χ0n) is 10.3. The molecule has 0 radical (unpaired) electrons. The highest BCUT2D eigenvalue weighted by molar-refractivity contribution is 7.09. The third-order valence-electron chi connectivity index (χ3n) is 2.38. The number of hydrogen-bond acceptors (Lipinski definition) is 3. The number of carboxylic acid groups (broad SMARTS) is 1. The highest BCUT2D eigenvalue weighted by Crippen LogP contribution is 2.24. The Kier molecular flexibility index (Phi) is 4.08. The van der Waals surface area contributed by atoms with Crippen LogP contribution < -0.4 is 0 Å². The molecule has 1 rings (SSSR count). The summed E-state index contributed by atoms with van der Waals surface area (Å²) in [7, 11) is 0. The summed E-state index contributed by atoms with van der Waals surface area (Å²) in [5.74, 6) is -0.183. The minimum absolute atomic E-state index is 0.497. The van der Waals surface area contributed by atoms with E-state index in [2.05, 4.69) is 18.8 Å². The van der Waals surface area contributed by atoms with E-state index < -0.39 is 11.4 Å². The highest BCUT2D eigenvalue weighted by atomic mass is 32.1. The first-order valence-corrected chi connectivity index (χ1v) is 6.36. The molecule has 0 aromatic carbocycles. The maximum absolute atomic E-state index is 11.0. The number of rotatable bonds is 5. The van der Waals surface area contributed by atoms with Gasteiger partial charge in [0.2, 0.25) is 0 Å². The highest BCUT2D eigenvalue weighted by Gasteiger charge is 2.28. The lowest BCUT2D eigenvalue weighted by Crippen LogP contribution is -2.26. The Morgan fingerprint density at radius 2 is 2.19 bits per heavy atom. The summed E-state index contributed by atoms with van der Waals surface area (Å²) < 4.78 is 0. The number of carbonyl (C=O) groups is 1. The first-order chi connectivity index (χ1) is 7.31. The van der Waals surface area contributed by atoms with Crippen molar-refractivity contribution in [2.45, 2.75) is 40.5 Å². The summed E-state index contributed by atoms with van der Waals surface area (Å²) in [4.78, 5) is 15.5. The van der Waals surface area contributed by atoms with Crippen LogP contribution in [-0.4, -0.2) is 16.1 Å². The number of hydrogen-bond donors (Lipinski definition) is 1. The van der Waals surface area contributed by atoms with Crippen LogP contribution in [0.5, 0.6) is 0 Å². The van der Waals surface area contributed by atoms with Gasteiger partial charge in [0.1, 0.15) is 0 Å². The van der Waals surface area contributed by atoms with Crippen molar-refractivity contribution in [2.75, 3.05) is 0 Å². The average Bonchev–Trinajstić information content (AvgIpc) is 2.50. The second kappa shape index (κ2) is 4.95. The summed E-state index contributed by atoms with van der Waals surface area (Å²) in [5.41, 5.74) is 0.163. The molecule has 0 aliphatic carbocycles. The van der Waals surface area contributed by atoms with Crippen molar-refractivity contribution in [1.82, 2.24) is 4.98 Å². The minimum Gasteiger partial charge on any atom is -0.481 e. The fraction of sp³-hybridized carbons (Fsp3) is 0.667. The molecule has 0 spiro atoms. The van der Waals surface area contributed by atoms with Crippen LogP contribution in [0.4, 0.5) is 0 Å². The number of nitrogens with zero attached hydrogens (tertiary/aromatic N) is 1. The Bertz CT molecular complexity index is 369. The molecule has 0 amide bonds. The molecule has 3 nitrogen and oxygen atoms in total. The van der Waals surface area contributed by atoms with Crippen LogP contribution >= 0.6 is 11.3 Å². The second-order valence-electron chi connectivity index (χ2n) is 5.20. The molecule has 4 heteroatoms. The van der Waals surface area contributed by atoms with Gasteiger partial charge in [-0.1, -0.05) is 13.8 Å². The van der Waals surface area contributed by atoms with Crippen molar-refractivity contribution in [1.29, 1.82) is 0 Å². The number of aromatic nitrogens is 1. The number of aliphatic carboxylic acids is 1. The molecule has 0 bridgehead atoms. The molecule has 0 saturated carbocycles. The second-order valence-corrected chi connectivity index (χ2v) is 6.14. The van der Waals surface area contributed by atoms with Crippen molar-refractivity contribution in [3.63, 3.8) is 0 Å². The van der Waals surface area contributed by atoms with Crippen LogP contribution in [0.25, 0.3) is 0 Å². The van der Waals surface area contributed by atoms with E-state index in [9.17, 15) is 4.79 Å². The van der Waals surface area contributed by atoms with E-state index >= 15 is 0 Å². The standard InChI is InChI=1S/C12H19NO2S/c1-8(2)5-10-13-9(7-16-10)6-12(3,4)11(14)15/h7-8H,5-6H2,1-4H3,(H,14,15). The van der Waals surface area contributed by atoms with Gasteiger partial charge in [-0.15, -0.1) is 11.3 Å². The van der Waals surface area contributed by atoms with Gasteiger partial charge >= 0.3 is 5.97 Å². The van der Waals surface area contributed by atoms with Crippen molar-refractivity contribution in [2.24, 2.45) is 11.3 Å². The van der Waals surface area contributed by atoms with Crippen molar-refractivity contribution in [3.05, 3.63) is 16.1 Å². The molecule has 0 fully saturated rings. The van der Waals surface area contributed by atoms with Crippen molar-refractivity contribution < 1.29 is 9.90 Å². The van der Waals surface area contributed by atoms with E-state index in [1.165, 1.54) is 0 Å². The molecule has 0 unspecified atom stereocenters. The fourth-order valence-electron chi connectivity index (χ4n) is 1.40. The molecule has 0 aliphatic heterocycles. The van der Waals surface area contributed by atoms with Crippen LogP contribution in [-0.2, 0) is 17.6 Å². The maximum atomic E-state index is 11.0. The molecule has 1 aromatic rings. The Morgan fingerprint density at radius 1 is 1.56 bits per heavy atom. The molecular weight excluding hydrogens is 222 g/mol. The maximum Gasteiger partial charge on any atom is 0.309 e. The molecule has 90 valence electrons. The Hall–Kier alpha value is -0.900. The summed E-state index contributed by atoms with van der Waals surface area (Å²) in [6.45, 7) is 7.78. The van der Waals surface area contributed by atoms with Crippen LogP contribution in [0.1, 0.15) is 38.4 Å². The van der Waals surface area contributed by atoms with Gasteiger partial charge in [0.25, 0.3) is 0 Å². The fourth-order valence-corrected chi connectivity index (χ4v) is 2.41. The Balaban J connectivity index is 2.69. The zero-order chi connectivity index (χ0) is 12.3. The minimum atomic E-state index is -0.772. The molecule has 0 atom stereocenters. The molecule has 1 aromatic heterocycles. The first-order valence-electron chi connectivity index (χ1n) is 5.48. The van der Waals surface area contributed by atoms with E-state index in [0.717, 1.165) is 17.1 Å². The molecular formula is C12H19NO2S. The predicted molar refractivity (Wildman–Crippen MR) is 65.8 cm³/mol. The summed E-state index contributed by atoms with van der Waals surface area (Å²) in [5, 5.41) is 12.1. The third kappa shape index (κ3) is 3.59. The van der Waals surface area contributed by atoms with Crippen molar-refractivity contribution in [3.8, 4) is 0 Å². The topological polar surface area (TPSA) is 50.2 Å². The predicted octanol–water partition coefficient (Wildman–Crippen LogP) is 2.99. The van der Waals surface area contributed by atoms with E-state index in [4.69, 9.17) is 5.11 Å².